The molecule has 104 valence electrons. The number of carbonyl (C=O) groups is 1. The lowest BCUT2D eigenvalue weighted by molar-refractivity contribution is -0.128. The van der Waals surface area contributed by atoms with Gasteiger partial charge in [-0.25, -0.2) is 0 Å². The average molecular weight is 252 g/mol. The van der Waals surface area contributed by atoms with Crippen LogP contribution in [0.1, 0.15) is 52.4 Å². The van der Waals surface area contributed by atoms with Gasteiger partial charge in [0.2, 0.25) is 5.91 Å². The van der Waals surface area contributed by atoms with Gasteiger partial charge >= 0.3 is 0 Å². The fourth-order valence-electron chi connectivity index (χ4n) is 3.58. The topological polar surface area (TPSA) is 32.3 Å². The molecular weight excluding hydrogens is 224 g/mol. The van der Waals surface area contributed by atoms with Crippen LogP contribution in [0.15, 0.2) is 0 Å². The molecule has 1 amide bonds. The summed E-state index contributed by atoms with van der Waals surface area (Å²) in [4.78, 5) is 14.5. The van der Waals surface area contributed by atoms with Crippen molar-refractivity contribution in [2.75, 3.05) is 26.2 Å². The van der Waals surface area contributed by atoms with Crippen molar-refractivity contribution in [1.82, 2.24) is 10.2 Å². The molecule has 0 aromatic rings. The normalized spacial score (nSPS) is 23.9. The lowest BCUT2D eigenvalue weighted by atomic mass is 9.65. The molecule has 0 aromatic carbocycles. The van der Waals surface area contributed by atoms with E-state index in [2.05, 4.69) is 24.1 Å². The Morgan fingerprint density at radius 3 is 2.44 bits per heavy atom. The molecule has 3 nitrogen and oxygen atoms in total. The zero-order chi connectivity index (χ0) is 13.0. The van der Waals surface area contributed by atoms with Crippen LogP contribution < -0.4 is 5.32 Å². The quantitative estimate of drug-likeness (QED) is 0.815. The van der Waals surface area contributed by atoms with E-state index >= 15 is 0 Å². The van der Waals surface area contributed by atoms with E-state index in [1.54, 1.807) is 0 Å². The summed E-state index contributed by atoms with van der Waals surface area (Å²) in [6, 6.07) is 0. The van der Waals surface area contributed by atoms with Crippen LogP contribution >= 0.6 is 0 Å². The van der Waals surface area contributed by atoms with E-state index in [4.69, 9.17) is 0 Å². The summed E-state index contributed by atoms with van der Waals surface area (Å²) < 4.78 is 0. The van der Waals surface area contributed by atoms with Gasteiger partial charge in [-0.3, -0.25) is 4.79 Å². The number of hydrogen-bond acceptors (Lipinski definition) is 2. The predicted octanol–water partition coefficient (Wildman–Crippen LogP) is 2.41. The molecule has 1 spiro atoms. The SMILES string of the molecule is CCCNC(=O)C1CCC2(CC1)CN(CCC)C2. The molecule has 0 unspecified atom stereocenters. The Morgan fingerprint density at radius 2 is 1.89 bits per heavy atom. The minimum Gasteiger partial charge on any atom is -0.356 e. The molecule has 0 radical (unpaired) electrons. The van der Waals surface area contributed by atoms with Gasteiger partial charge < -0.3 is 10.2 Å². The molecule has 1 aliphatic carbocycles. The van der Waals surface area contributed by atoms with E-state index in [1.807, 2.05) is 0 Å². The van der Waals surface area contributed by atoms with Crippen molar-refractivity contribution in [3.8, 4) is 0 Å². The summed E-state index contributed by atoms with van der Waals surface area (Å²) >= 11 is 0. The molecule has 1 saturated heterocycles. The summed E-state index contributed by atoms with van der Waals surface area (Å²) in [5.74, 6) is 0.596. The fourth-order valence-corrected chi connectivity index (χ4v) is 3.58. The van der Waals surface area contributed by atoms with E-state index in [1.165, 1.54) is 38.9 Å². The third kappa shape index (κ3) is 3.05. The molecular formula is C15H28N2O. The van der Waals surface area contributed by atoms with Crippen LogP contribution in [0.5, 0.6) is 0 Å². The maximum absolute atomic E-state index is 11.9. The van der Waals surface area contributed by atoms with Gasteiger partial charge in [-0.15, -0.1) is 0 Å². The van der Waals surface area contributed by atoms with Crippen molar-refractivity contribution in [2.45, 2.75) is 52.4 Å². The first-order valence-corrected chi connectivity index (χ1v) is 7.69. The van der Waals surface area contributed by atoms with Crippen molar-refractivity contribution in [2.24, 2.45) is 11.3 Å². The molecule has 0 aromatic heterocycles. The molecule has 2 rings (SSSR count). The number of nitrogens with one attached hydrogen (secondary N) is 1. The molecule has 2 aliphatic rings. The smallest absolute Gasteiger partial charge is 0.223 e. The molecule has 0 atom stereocenters. The van der Waals surface area contributed by atoms with Crippen molar-refractivity contribution < 1.29 is 4.79 Å². The Kier molecular flexibility index (Phi) is 4.66. The first kappa shape index (κ1) is 13.9. The van der Waals surface area contributed by atoms with E-state index in [-0.39, 0.29) is 0 Å². The Balaban J connectivity index is 1.70. The summed E-state index contributed by atoms with van der Waals surface area (Å²) in [6.45, 7) is 9.01. The van der Waals surface area contributed by atoms with Crippen molar-refractivity contribution in [3.63, 3.8) is 0 Å². The van der Waals surface area contributed by atoms with Crippen LogP contribution in [0, 0.1) is 11.3 Å². The molecule has 1 aliphatic heterocycles. The third-order valence-electron chi connectivity index (χ3n) is 4.62. The molecule has 18 heavy (non-hydrogen) atoms. The molecule has 2 fully saturated rings. The maximum atomic E-state index is 11.9. The number of hydrogen-bond donors (Lipinski definition) is 1. The monoisotopic (exact) mass is 252 g/mol. The highest BCUT2D eigenvalue weighted by molar-refractivity contribution is 5.78. The second-order valence-corrected chi connectivity index (χ2v) is 6.28. The van der Waals surface area contributed by atoms with E-state index < -0.39 is 0 Å². The fraction of sp³-hybridized carbons (Fsp3) is 0.933. The number of likely N-dealkylation sites (tertiary alicyclic amines) is 1. The first-order chi connectivity index (χ1) is 8.69. The van der Waals surface area contributed by atoms with Crippen LogP contribution in [-0.4, -0.2) is 37.0 Å². The van der Waals surface area contributed by atoms with Crippen LogP contribution in [0.4, 0.5) is 0 Å². The van der Waals surface area contributed by atoms with Crippen LogP contribution in [-0.2, 0) is 4.79 Å². The Labute approximate surface area is 111 Å². The maximum Gasteiger partial charge on any atom is 0.223 e. The number of nitrogens with zero attached hydrogens (tertiary/aromatic N) is 1. The highest BCUT2D eigenvalue weighted by Crippen LogP contribution is 2.45. The average Bonchev–Trinajstić information content (AvgIpc) is 2.35. The summed E-state index contributed by atoms with van der Waals surface area (Å²) in [7, 11) is 0. The summed E-state index contributed by atoms with van der Waals surface area (Å²) in [5, 5.41) is 3.05. The van der Waals surface area contributed by atoms with Crippen LogP contribution in [0.2, 0.25) is 0 Å². The molecule has 1 N–H and O–H groups in total. The van der Waals surface area contributed by atoms with Gasteiger partial charge in [0.25, 0.3) is 0 Å². The minimum absolute atomic E-state index is 0.294. The summed E-state index contributed by atoms with van der Waals surface area (Å²) in [6.07, 6.45) is 7.03. The van der Waals surface area contributed by atoms with Crippen LogP contribution in [0.25, 0.3) is 0 Å². The lowest BCUT2D eigenvalue weighted by Gasteiger charge is -2.53. The molecule has 0 bridgehead atoms. The van der Waals surface area contributed by atoms with E-state index in [0.29, 0.717) is 17.2 Å². The van der Waals surface area contributed by atoms with Gasteiger partial charge in [0, 0.05) is 25.6 Å². The highest BCUT2D eigenvalue weighted by atomic mass is 16.1. The van der Waals surface area contributed by atoms with Crippen LogP contribution in [0.3, 0.4) is 0 Å². The van der Waals surface area contributed by atoms with Crippen molar-refractivity contribution in [1.29, 1.82) is 0 Å². The second kappa shape index (κ2) is 6.05. The molecule has 1 heterocycles. The predicted molar refractivity (Wildman–Crippen MR) is 74.4 cm³/mol. The Morgan fingerprint density at radius 1 is 1.22 bits per heavy atom. The van der Waals surface area contributed by atoms with Crippen molar-refractivity contribution in [3.05, 3.63) is 0 Å². The van der Waals surface area contributed by atoms with Gasteiger partial charge in [-0.2, -0.15) is 0 Å². The first-order valence-electron chi connectivity index (χ1n) is 7.69. The second-order valence-electron chi connectivity index (χ2n) is 6.28. The van der Waals surface area contributed by atoms with Gasteiger partial charge in [-0.05, 0) is 50.5 Å². The number of amides is 1. The molecule has 1 saturated carbocycles. The summed E-state index contributed by atoms with van der Waals surface area (Å²) in [5.41, 5.74) is 0.580. The lowest BCUT2D eigenvalue weighted by Crippen LogP contribution is -2.58. The standard InChI is InChI=1S/C15H28N2O/c1-3-9-16-14(18)13-5-7-15(8-6-13)11-17(12-15)10-4-2/h13H,3-12H2,1-2H3,(H,16,18). The Hall–Kier alpha value is -0.570. The van der Waals surface area contributed by atoms with E-state index in [0.717, 1.165) is 25.8 Å². The Bertz CT molecular complexity index is 274. The molecule has 3 heteroatoms. The largest absolute Gasteiger partial charge is 0.356 e. The highest BCUT2D eigenvalue weighted by Gasteiger charge is 2.45. The zero-order valence-corrected chi connectivity index (χ0v) is 12.0. The number of carbonyl (C=O) groups excluding carboxylic acids is 1. The van der Waals surface area contributed by atoms with Gasteiger partial charge in [-0.1, -0.05) is 13.8 Å². The third-order valence-corrected chi connectivity index (χ3v) is 4.62. The minimum atomic E-state index is 0.294. The zero-order valence-electron chi connectivity index (χ0n) is 12.0. The van der Waals surface area contributed by atoms with Gasteiger partial charge in [0.15, 0.2) is 0 Å². The van der Waals surface area contributed by atoms with Gasteiger partial charge in [0.05, 0.1) is 0 Å². The number of rotatable bonds is 5. The van der Waals surface area contributed by atoms with Gasteiger partial charge in [0.1, 0.15) is 0 Å². The van der Waals surface area contributed by atoms with Crippen molar-refractivity contribution >= 4 is 5.91 Å². The van der Waals surface area contributed by atoms with E-state index in [9.17, 15) is 4.79 Å².